The van der Waals surface area contributed by atoms with Gasteiger partial charge in [0.25, 0.3) is 11.5 Å². The van der Waals surface area contributed by atoms with Gasteiger partial charge in [0.15, 0.2) is 11.6 Å². The molecule has 9 heterocycles. The van der Waals surface area contributed by atoms with Crippen LogP contribution in [0, 0.1) is 11.3 Å². The predicted octanol–water partition coefficient (Wildman–Crippen LogP) is 28.1. The number of hydrogen-bond donors (Lipinski definition) is 1. The summed E-state index contributed by atoms with van der Waals surface area (Å²) in [5, 5.41) is 8.36. The first-order chi connectivity index (χ1) is 61.5. The minimum Gasteiger partial charge on any atom is -0.352 e. The highest BCUT2D eigenvalue weighted by Crippen LogP contribution is 2.39. The van der Waals surface area contributed by atoms with Crippen LogP contribution in [0.5, 0.6) is 0 Å². The van der Waals surface area contributed by atoms with Gasteiger partial charge < -0.3 is 19.2 Å². The molecule has 7 aromatic heterocycles. The first-order valence-electron chi connectivity index (χ1n) is 48.9. The van der Waals surface area contributed by atoms with Crippen LogP contribution in [0.3, 0.4) is 0 Å². The van der Waals surface area contributed by atoms with Crippen molar-refractivity contribution in [2.45, 2.75) is 406 Å². The fraction of sp³-hybridized carbons (Fsp3) is 0.586. The van der Waals surface area contributed by atoms with Gasteiger partial charge in [-0.3, -0.25) is 29.3 Å². The number of Topliss-reactive ketones (excluding diaryl/α,β-unsaturated/α-hetero) is 1. The fourth-order valence-electron chi connectivity index (χ4n) is 13.9. The number of ketones is 1. The van der Waals surface area contributed by atoms with Crippen molar-refractivity contribution >= 4 is 34.6 Å². The van der Waals surface area contributed by atoms with E-state index in [0.29, 0.717) is 55.2 Å². The maximum absolute atomic E-state index is 13.2. The van der Waals surface area contributed by atoms with Crippen LogP contribution in [0.2, 0.25) is 0 Å². The Bertz CT molecular complexity index is 5120. The number of aliphatic imine (C=N–C) groups is 1. The standard InChI is InChI=1S/C23H27FN4O2.C16H23N.C15H22N2.C14H22.C12H20N2O.3C12H20N2/c24-16-18-5-1-2-6-19(18)23(30)28-14-12-27(13-15-28)22-11-10-20(25-26-22)21(29)7-3-4-17-8-9-17;1-15(2,3)12-7-8-13-11(9-12)10-14(17-13)16(4,5)6;1-14(2,3)11-7-8-13-16-12(15(4,5)6)10-17(13)9-11;1-13(2,3)11-7-9-12(10-8-11)14(4,5)6;1-11(2,3)8-7-13-10(12(4,5)6)14-9(8)15;1-11(2,3)9-7-14-10(8-13-9)12(4,5)6;2*1-11(2,3)9-7-13-10(14-8-9)12(4,5)6/h1-2,5-6,10-11,17H,3-4,7-9,12-16H2;7-9H,10H2,1-6H3;7-10H,1-6H3;7-10H,1-6H3;7H,1-6H3,(H,13,14,15);3*7-8H,1-6H3. The van der Waals surface area contributed by atoms with Gasteiger partial charge in [0, 0.05) is 150 Å². The van der Waals surface area contributed by atoms with Crippen molar-refractivity contribution in [2.75, 3.05) is 31.1 Å². The largest absolute Gasteiger partial charge is 0.352 e. The van der Waals surface area contributed by atoms with Gasteiger partial charge in [0.2, 0.25) is 0 Å². The van der Waals surface area contributed by atoms with Crippen LogP contribution >= 0.6 is 0 Å². The summed E-state index contributed by atoms with van der Waals surface area (Å²) in [6, 6.07) is 30.4. The molecule has 2 aliphatic heterocycles. The molecule has 18 nitrogen and oxygen atoms in total. The van der Waals surface area contributed by atoms with E-state index in [1.165, 1.54) is 63.2 Å². The number of aromatic nitrogens is 12. The topological polar surface area (TPSA) is 219 Å². The van der Waals surface area contributed by atoms with Crippen molar-refractivity contribution in [2.24, 2.45) is 16.3 Å². The van der Waals surface area contributed by atoms with E-state index >= 15 is 0 Å². The Balaban J connectivity index is 0.000000241. The molecular weight excluding hydrogens is 1670 g/mol. The summed E-state index contributed by atoms with van der Waals surface area (Å²) in [5.41, 5.74) is 19.5. The summed E-state index contributed by atoms with van der Waals surface area (Å²) in [5.74, 6) is 4.01. The highest BCUT2D eigenvalue weighted by Gasteiger charge is 2.32. The third-order valence-corrected chi connectivity index (χ3v) is 23.9. The molecule has 0 atom stereocenters. The van der Waals surface area contributed by atoms with Crippen LogP contribution in [0.25, 0.3) is 5.65 Å². The number of anilines is 1. The Hall–Kier alpha value is -9.91. The van der Waals surface area contributed by atoms with Crippen LogP contribution in [0.4, 0.5) is 15.9 Å². The van der Waals surface area contributed by atoms with E-state index in [4.69, 9.17) is 4.99 Å². The van der Waals surface area contributed by atoms with Gasteiger partial charge in [0.1, 0.15) is 35.5 Å². The molecule has 1 amide bonds. The average Bonchev–Trinajstić information content (AvgIpc) is 1.36. The number of pyridine rings is 1. The summed E-state index contributed by atoms with van der Waals surface area (Å²) in [6.07, 6.45) is 23.8. The lowest BCUT2D eigenvalue weighted by Crippen LogP contribution is -2.49. The van der Waals surface area contributed by atoms with E-state index in [9.17, 15) is 18.8 Å². The number of benzene rings is 3. The van der Waals surface area contributed by atoms with E-state index in [0.717, 1.165) is 70.9 Å². The smallest absolute Gasteiger partial charge is 0.254 e. The van der Waals surface area contributed by atoms with Gasteiger partial charge in [-0.2, -0.15) is 0 Å². The number of carbonyl (C=O) groups is 2. The lowest BCUT2D eigenvalue weighted by Gasteiger charge is -2.35. The Morgan fingerprint density at radius 2 is 0.852 bits per heavy atom. The first kappa shape index (κ1) is 114. The number of imidazole rings is 1. The fourth-order valence-corrected chi connectivity index (χ4v) is 13.9. The number of nitrogens with one attached hydrogen (secondary N) is 1. The van der Waals surface area contributed by atoms with Crippen LogP contribution in [0.1, 0.15) is 428 Å². The van der Waals surface area contributed by atoms with Gasteiger partial charge >= 0.3 is 0 Å². The minimum atomic E-state index is -0.650. The molecule has 0 radical (unpaired) electrons. The van der Waals surface area contributed by atoms with E-state index < -0.39 is 6.67 Å². The maximum Gasteiger partial charge on any atom is 0.254 e. The molecule has 10 aromatic rings. The van der Waals surface area contributed by atoms with Gasteiger partial charge in [-0.15, -0.1) is 10.2 Å². The number of rotatable bonds is 8. The lowest BCUT2D eigenvalue weighted by atomic mass is 9.82. The molecule has 738 valence electrons. The summed E-state index contributed by atoms with van der Waals surface area (Å²) in [6.45, 7) is 92.7. The zero-order valence-corrected chi connectivity index (χ0v) is 91.6. The molecule has 13 rings (SSSR count). The molecule has 135 heavy (non-hydrogen) atoms. The Labute approximate surface area is 814 Å². The second kappa shape index (κ2) is 44.7. The first-order valence-corrected chi connectivity index (χ1v) is 48.9. The highest BCUT2D eigenvalue weighted by atomic mass is 19.1. The third kappa shape index (κ3) is 35.9. The van der Waals surface area contributed by atoms with E-state index in [-0.39, 0.29) is 93.1 Å². The van der Waals surface area contributed by atoms with Crippen LogP contribution in [0.15, 0.2) is 157 Å². The molecule has 1 N–H and O–H groups in total. The number of alkyl halides is 1. The molecule has 0 bridgehead atoms. The van der Waals surface area contributed by atoms with Gasteiger partial charge in [0.05, 0.1) is 22.8 Å². The van der Waals surface area contributed by atoms with Crippen LogP contribution in [-0.4, -0.2) is 108 Å². The lowest BCUT2D eigenvalue weighted by molar-refractivity contribution is 0.0744. The zero-order chi connectivity index (χ0) is 102. The average molecular weight is 1850 g/mol. The Morgan fingerprint density at radius 3 is 1.23 bits per heavy atom. The summed E-state index contributed by atoms with van der Waals surface area (Å²) in [7, 11) is 0. The van der Waals surface area contributed by atoms with Gasteiger partial charge in [-0.1, -0.05) is 371 Å². The summed E-state index contributed by atoms with van der Waals surface area (Å²) in [4.78, 5) is 83.8. The quantitative estimate of drug-likeness (QED) is 0.140. The monoisotopic (exact) mass is 1840 g/mol. The molecule has 1 aliphatic carbocycles. The van der Waals surface area contributed by atoms with Gasteiger partial charge in [-0.05, 0) is 125 Å². The number of aromatic amines is 1. The molecule has 0 unspecified atom stereocenters. The number of H-pyrrole nitrogens is 1. The summed E-state index contributed by atoms with van der Waals surface area (Å²) >= 11 is 0. The van der Waals surface area contributed by atoms with Crippen molar-refractivity contribution in [3.63, 3.8) is 0 Å². The second-order valence-corrected chi connectivity index (χ2v) is 51.4. The number of fused-ring (bicyclic) bond motifs is 2. The van der Waals surface area contributed by atoms with Crippen molar-refractivity contribution in [1.82, 2.24) is 64.4 Å². The molecule has 2 fully saturated rings. The third-order valence-electron chi connectivity index (χ3n) is 23.9. The van der Waals surface area contributed by atoms with Crippen molar-refractivity contribution < 1.29 is 14.0 Å². The number of carbonyl (C=O) groups excluding carboxylic acids is 2. The van der Waals surface area contributed by atoms with Crippen LogP contribution < -0.4 is 10.5 Å². The minimum absolute atomic E-state index is 0.0255. The number of hydrogen-bond acceptors (Lipinski definition) is 15. The SMILES string of the molecule is CC(C)(C)C1=Nc2ccc(C(C)(C)C)cc2C1.CC(C)(C)c1ccc(C(C)(C)C)cc1.CC(C)(C)c1ccc2nc(C(C)(C)C)cn2c1.CC(C)(C)c1cnc(C(C)(C)C)cn1.CC(C)(C)c1cnc(C(C)(C)C)nc1.CC(C)(C)c1cnc(C(C)(C)C)nc1.CC(C)(C)c1ncc(C(C)(C)C)c(=O)[nH]1.O=C(CCCC1CC1)c1ccc(N2CCN(C(=O)c3ccccc3CF)CC2)nn1. The highest BCUT2D eigenvalue weighted by molar-refractivity contribution is 5.98. The zero-order valence-electron chi connectivity index (χ0n) is 91.6. The van der Waals surface area contributed by atoms with Crippen molar-refractivity contribution in [3.05, 3.63) is 253 Å². The Morgan fingerprint density at radius 1 is 0.407 bits per heavy atom. The molecule has 3 aromatic carbocycles. The molecule has 0 spiro atoms. The normalized spacial score (nSPS) is 14.2. The van der Waals surface area contributed by atoms with Crippen LogP contribution in [-0.2, 0) is 83.5 Å². The molecular formula is C116H174FN15O3. The Kier molecular flexibility index (Phi) is 37.7. The second-order valence-electron chi connectivity index (χ2n) is 51.4. The molecule has 19 heteroatoms. The van der Waals surface area contributed by atoms with E-state index in [2.05, 4.69) is 381 Å². The van der Waals surface area contributed by atoms with Crippen molar-refractivity contribution in [3.8, 4) is 0 Å². The summed E-state index contributed by atoms with van der Waals surface area (Å²) < 4.78 is 15.3. The van der Waals surface area contributed by atoms with Crippen molar-refractivity contribution in [1.29, 1.82) is 0 Å². The predicted molar refractivity (Wildman–Crippen MR) is 565 cm³/mol. The van der Waals surface area contributed by atoms with E-state index in [1.807, 2.05) is 84.8 Å². The molecule has 1 saturated heterocycles. The maximum atomic E-state index is 13.2. The molecule has 1 saturated carbocycles. The molecule has 3 aliphatic rings. The van der Waals surface area contributed by atoms with E-state index in [1.54, 1.807) is 41.4 Å². The number of amides is 1. The number of nitrogens with zero attached hydrogens (tertiary/aromatic N) is 14. The number of halogens is 1. The van der Waals surface area contributed by atoms with Gasteiger partial charge in [-0.25, -0.2) is 34.3 Å². The number of piperazine rings is 1.